The number of rotatable bonds is 5. The van der Waals surface area contributed by atoms with Crippen LogP contribution in [0.2, 0.25) is 0 Å². The standard InChI is InChI=1S/C9H9F7O6Si/c1-4(17)20-23(21-5(2)18,22-6(3)19)9(15,16)7(10,11)8(12,13)14/h1-3H3. The highest BCUT2D eigenvalue weighted by molar-refractivity contribution is 6.68. The zero-order valence-electron chi connectivity index (χ0n) is 11.6. The van der Waals surface area contributed by atoms with Crippen LogP contribution in [0.5, 0.6) is 0 Å². The number of carbonyl (C=O) groups is 3. The second-order valence-corrected chi connectivity index (χ2v) is 6.34. The molecule has 0 amide bonds. The Balaban J connectivity index is 6.42. The first-order valence-corrected chi connectivity index (χ1v) is 7.13. The van der Waals surface area contributed by atoms with Gasteiger partial charge >= 0.3 is 26.4 Å². The van der Waals surface area contributed by atoms with Gasteiger partial charge in [-0.25, -0.2) is 0 Å². The van der Waals surface area contributed by atoms with Crippen LogP contribution in [-0.2, 0) is 27.7 Å². The summed E-state index contributed by atoms with van der Waals surface area (Å²) in [6.45, 7) is 1.03. The Bertz CT molecular complexity index is 462. The lowest BCUT2D eigenvalue weighted by Gasteiger charge is -2.36. The van der Waals surface area contributed by atoms with Crippen LogP contribution in [0.4, 0.5) is 30.7 Å². The van der Waals surface area contributed by atoms with Crippen LogP contribution < -0.4 is 0 Å². The van der Waals surface area contributed by atoms with E-state index in [2.05, 4.69) is 13.3 Å². The molecule has 0 unspecified atom stereocenters. The van der Waals surface area contributed by atoms with Crippen LogP contribution in [0.15, 0.2) is 0 Å². The van der Waals surface area contributed by atoms with Gasteiger partial charge in [0.05, 0.1) is 0 Å². The van der Waals surface area contributed by atoms with E-state index in [9.17, 15) is 45.1 Å². The molecule has 14 heteroatoms. The normalized spacial score (nSPS) is 13.3. The van der Waals surface area contributed by atoms with Crippen LogP contribution in [0.25, 0.3) is 0 Å². The molecule has 0 saturated carbocycles. The molecule has 0 aromatic carbocycles. The van der Waals surface area contributed by atoms with Gasteiger partial charge in [-0.05, 0) is 0 Å². The summed E-state index contributed by atoms with van der Waals surface area (Å²) in [5.41, 5.74) is -6.36. The lowest BCUT2D eigenvalue weighted by Crippen LogP contribution is -2.72. The van der Waals surface area contributed by atoms with Gasteiger partial charge in [-0.3, -0.25) is 14.4 Å². The third kappa shape index (κ3) is 4.11. The molecule has 0 aliphatic rings. The number of hydrogen-bond acceptors (Lipinski definition) is 6. The molecule has 23 heavy (non-hydrogen) atoms. The summed E-state index contributed by atoms with van der Waals surface area (Å²) >= 11 is 0. The minimum absolute atomic E-state index is 0.344. The Hall–Kier alpha value is -1.86. The molecule has 0 rings (SSSR count). The van der Waals surface area contributed by atoms with E-state index in [1.54, 1.807) is 0 Å². The minimum atomic E-state index is -6.83. The third-order valence-electron chi connectivity index (χ3n) is 1.97. The molecule has 134 valence electrons. The van der Waals surface area contributed by atoms with Crippen molar-refractivity contribution in [3.8, 4) is 0 Å². The summed E-state index contributed by atoms with van der Waals surface area (Å²) in [7, 11) is -6.81. The molecule has 0 bridgehead atoms. The van der Waals surface area contributed by atoms with Gasteiger partial charge < -0.3 is 13.3 Å². The Kier molecular flexibility index (Phi) is 5.82. The first kappa shape index (κ1) is 21.1. The lowest BCUT2D eigenvalue weighted by molar-refractivity contribution is -0.343. The molecule has 0 spiro atoms. The predicted octanol–water partition coefficient (Wildman–Crippen LogP) is 1.99. The minimum Gasteiger partial charge on any atom is -0.452 e. The third-order valence-corrected chi connectivity index (χ3v) is 4.72. The van der Waals surface area contributed by atoms with Crippen molar-refractivity contribution in [3.05, 3.63) is 0 Å². The Labute approximate surface area is 124 Å². The quantitative estimate of drug-likeness (QED) is 0.541. The maximum atomic E-state index is 13.9. The number of alkyl halides is 7. The molecule has 0 heterocycles. The second-order valence-electron chi connectivity index (χ2n) is 3.98. The van der Waals surface area contributed by atoms with Crippen LogP contribution >= 0.6 is 0 Å². The van der Waals surface area contributed by atoms with Gasteiger partial charge in [-0.2, -0.15) is 30.7 Å². The van der Waals surface area contributed by atoms with E-state index in [1.807, 2.05) is 0 Å². The molecule has 0 saturated heterocycles. The Morgan fingerprint density at radius 2 is 0.957 bits per heavy atom. The van der Waals surface area contributed by atoms with Gasteiger partial charge in [0.2, 0.25) is 0 Å². The molecule has 6 nitrogen and oxygen atoms in total. The number of halogens is 7. The Morgan fingerprint density at radius 1 is 0.696 bits per heavy atom. The van der Waals surface area contributed by atoms with E-state index < -0.39 is 44.4 Å². The summed E-state index contributed by atoms with van der Waals surface area (Å²) in [5, 5.41) is 0. The van der Waals surface area contributed by atoms with E-state index in [0.717, 1.165) is 0 Å². The first-order chi connectivity index (χ1) is 10.00. The topological polar surface area (TPSA) is 78.9 Å². The summed E-state index contributed by atoms with van der Waals surface area (Å²) in [6.07, 6.45) is -6.82. The fourth-order valence-corrected chi connectivity index (χ4v) is 3.36. The van der Waals surface area contributed by atoms with E-state index in [1.165, 1.54) is 0 Å². The number of carbonyl (C=O) groups excluding carboxylic acids is 3. The van der Waals surface area contributed by atoms with E-state index in [0.29, 0.717) is 20.8 Å². The van der Waals surface area contributed by atoms with Gasteiger partial charge in [-0.15, -0.1) is 0 Å². The van der Waals surface area contributed by atoms with E-state index >= 15 is 0 Å². The largest absolute Gasteiger partial charge is 0.786 e. The molecule has 0 aliphatic carbocycles. The van der Waals surface area contributed by atoms with Crippen LogP contribution in [0.3, 0.4) is 0 Å². The summed E-state index contributed by atoms with van der Waals surface area (Å²) in [5.74, 6) is -12.3. The van der Waals surface area contributed by atoms with Gasteiger partial charge in [0.1, 0.15) is 0 Å². The monoisotopic (exact) mass is 374 g/mol. The van der Waals surface area contributed by atoms with Gasteiger partial charge in [0.25, 0.3) is 17.9 Å². The van der Waals surface area contributed by atoms with Crippen molar-refractivity contribution in [2.45, 2.75) is 38.4 Å². The van der Waals surface area contributed by atoms with Crippen LogP contribution in [0, 0.1) is 0 Å². The summed E-state index contributed by atoms with van der Waals surface area (Å²) in [4.78, 5) is 32.4. The first-order valence-electron chi connectivity index (χ1n) is 5.41. The van der Waals surface area contributed by atoms with E-state index in [4.69, 9.17) is 0 Å². The predicted molar refractivity (Wildman–Crippen MR) is 57.0 cm³/mol. The highest BCUT2D eigenvalue weighted by Gasteiger charge is 2.90. The average molecular weight is 374 g/mol. The summed E-state index contributed by atoms with van der Waals surface area (Å²) in [6, 6.07) is 0. The smallest absolute Gasteiger partial charge is 0.452 e. The Morgan fingerprint density at radius 3 is 1.13 bits per heavy atom. The molecule has 0 fully saturated rings. The molecule has 0 aromatic heterocycles. The van der Waals surface area contributed by atoms with Crippen molar-refractivity contribution >= 4 is 26.7 Å². The van der Waals surface area contributed by atoms with Crippen LogP contribution in [0.1, 0.15) is 20.8 Å². The van der Waals surface area contributed by atoms with Crippen molar-refractivity contribution in [1.29, 1.82) is 0 Å². The summed E-state index contributed by atoms with van der Waals surface area (Å²) < 4.78 is 102. The van der Waals surface area contributed by atoms with Gasteiger partial charge in [0, 0.05) is 20.8 Å². The van der Waals surface area contributed by atoms with Crippen molar-refractivity contribution in [1.82, 2.24) is 0 Å². The molecule has 0 aliphatic heterocycles. The molecule has 0 atom stereocenters. The van der Waals surface area contributed by atoms with Gasteiger partial charge in [-0.1, -0.05) is 0 Å². The lowest BCUT2D eigenvalue weighted by atomic mass is 10.3. The van der Waals surface area contributed by atoms with Crippen LogP contribution in [-0.4, -0.2) is 44.4 Å². The maximum Gasteiger partial charge on any atom is 0.786 e. The fraction of sp³-hybridized carbons (Fsp3) is 0.667. The zero-order valence-corrected chi connectivity index (χ0v) is 12.6. The maximum absolute atomic E-state index is 13.9. The number of hydrogen-bond donors (Lipinski definition) is 0. The van der Waals surface area contributed by atoms with Gasteiger partial charge in [0.15, 0.2) is 0 Å². The highest BCUT2D eigenvalue weighted by Crippen LogP contribution is 2.51. The highest BCUT2D eigenvalue weighted by atomic mass is 28.4. The molecule has 0 N–H and O–H groups in total. The van der Waals surface area contributed by atoms with Crippen molar-refractivity contribution in [2.24, 2.45) is 0 Å². The average Bonchev–Trinajstić information content (AvgIpc) is 2.23. The van der Waals surface area contributed by atoms with Crippen molar-refractivity contribution in [3.63, 3.8) is 0 Å². The van der Waals surface area contributed by atoms with E-state index in [-0.39, 0.29) is 0 Å². The fourth-order valence-electron chi connectivity index (χ4n) is 1.19. The SMILES string of the molecule is CC(=O)O[Si](OC(C)=O)(OC(C)=O)C(F)(F)C(F)(F)C(F)(F)F. The van der Waals surface area contributed by atoms with Crippen molar-refractivity contribution < 1.29 is 58.4 Å². The molecular weight excluding hydrogens is 365 g/mol. The molecule has 0 radical (unpaired) electrons. The molecule has 0 aromatic rings. The zero-order chi connectivity index (χ0) is 18.9. The second kappa shape index (κ2) is 6.33. The van der Waals surface area contributed by atoms with Crippen molar-refractivity contribution in [2.75, 3.05) is 0 Å². The molecular formula is C9H9F7O6Si.